The fraction of sp³-hybridized carbons (Fsp3) is 0.300. The Morgan fingerprint density at radius 2 is 1.53 bits per heavy atom. The number of carbonyl (C=O) groups is 3. The molecular weight excluding hydrogens is 480 g/mol. The molecule has 2 N–H and O–H groups in total. The fourth-order valence-electron chi connectivity index (χ4n) is 5.41. The minimum absolute atomic E-state index is 0.133. The lowest BCUT2D eigenvalue weighted by molar-refractivity contribution is -0.170. The number of carbonyl (C=O) groups excluding carboxylic acids is 3. The quantitative estimate of drug-likeness (QED) is 0.529. The molecule has 0 bridgehead atoms. The van der Waals surface area contributed by atoms with Gasteiger partial charge in [-0.1, -0.05) is 72.8 Å². The highest BCUT2D eigenvalue weighted by molar-refractivity contribution is 5.91. The van der Waals surface area contributed by atoms with Gasteiger partial charge in [0.1, 0.15) is 18.0 Å². The van der Waals surface area contributed by atoms with E-state index in [-0.39, 0.29) is 42.6 Å². The first-order valence-corrected chi connectivity index (χ1v) is 12.9. The summed E-state index contributed by atoms with van der Waals surface area (Å²) in [5.74, 6) is -0.145. The van der Waals surface area contributed by atoms with Crippen LogP contribution in [0, 0.1) is 0 Å². The molecule has 4 amide bonds. The Morgan fingerprint density at radius 1 is 0.895 bits per heavy atom. The van der Waals surface area contributed by atoms with Gasteiger partial charge in [-0.05, 0) is 35.7 Å². The lowest BCUT2D eigenvalue weighted by Gasteiger charge is -2.54. The number of phenols is 1. The van der Waals surface area contributed by atoms with Gasteiger partial charge in [0.05, 0.1) is 6.54 Å². The number of rotatable bonds is 6. The number of hydrogen-bond donors (Lipinski definition) is 2. The monoisotopic (exact) mass is 512 g/mol. The standard InChI is InChI=1S/C30H32N4O4/c1-21-16-28(36)34-26(17-22-12-14-25(35)15-13-22)29(37)32(19-24-10-6-3-7-11-24)20-27(34)33(21)30(38)31-18-23-8-4-2-5-9-23/h2-15,21,26-27,35H,16-20H2,1H3,(H,31,38). The van der Waals surface area contributed by atoms with Crippen LogP contribution in [0.1, 0.15) is 30.0 Å². The molecule has 2 heterocycles. The number of nitrogens with zero attached hydrogens (tertiary/aromatic N) is 3. The van der Waals surface area contributed by atoms with Crippen LogP contribution in [0.25, 0.3) is 0 Å². The van der Waals surface area contributed by atoms with Crippen molar-refractivity contribution in [2.45, 2.75) is 51.1 Å². The van der Waals surface area contributed by atoms with Crippen molar-refractivity contribution in [3.05, 3.63) is 102 Å². The summed E-state index contributed by atoms with van der Waals surface area (Å²) in [6.45, 7) is 2.87. The number of hydrogen-bond acceptors (Lipinski definition) is 4. The van der Waals surface area contributed by atoms with E-state index >= 15 is 0 Å². The van der Waals surface area contributed by atoms with Crippen molar-refractivity contribution in [1.29, 1.82) is 0 Å². The van der Waals surface area contributed by atoms with E-state index in [4.69, 9.17) is 0 Å². The van der Waals surface area contributed by atoms with Gasteiger partial charge in [0.25, 0.3) is 0 Å². The van der Waals surface area contributed by atoms with Crippen molar-refractivity contribution in [3.8, 4) is 5.75 Å². The first kappa shape index (κ1) is 25.3. The molecule has 0 saturated carbocycles. The number of amides is 4. The predicted octanol–water partition coefficient (Wildman–Crippen LogP) is 3.50. The first-order valence-electron chi connectivity index (χ1n) is 12.9. The molecule has 0 aromatic heterocycles. The van der Waals surface area contributed by atoms with E-state index in [1.807, 2.05) is 67.6 Å². The number of benzene rings is 3. The topological polar surface area (TPSA) is 93.2 Å². The molecule has 3 atom stereocenters. The molecule has 3 unspecified atom stereocenters. The molecule has 0 aliphatic carbocycles. The number of nitrogens with one attached hydrogen (secondary N) is 1. The summed E-state index contributed by atoms with van der Waals surface area (Å²) in [6, 6.07) is 24.7. The lowest BCUT2D eigenvalue weighted by atomic mass is 9.95. The van der Waals surface area contributed by atoms with E-state index in [1.165, 1.54) is 0 Å². The van der Waals surface area contributed by atoms with Crippen molar-refractivity contribution < 1.29 is 19.5 Å². The molecule has 5 rings (SSSR count). The van der Waals surface area contributed by atoms with Crippen LogP contribution >= 0.6 is 0 Å². The Balaban J connectivity index is 1.45. The zero-order chi connectivity index (χ0) is 26.6. The average Bonchev–Trinajstić information content (AvgIpc) is 2.92. The van der Waals surface area contributed by atoms with Crippen LogP contribution in [0.5, 0.6) is 5.75 Å². The maximum atomic E-state index is 13.8. The highest BCUT2D eigenvalue weighted by atomic mass is 16.3. The Hall–Kier alpha value is -4.33. The third-order valence-electron chi connectivity index (χ3n) is 7.29. The minimum atomic E-state index is -0.758. The second kappa shape index (κ2) is 11.0. The molecule has 8 nitrogen and oxygen atoms in total. The molecule has 0 radical (unpaired) electrons. The van der Waals surface area contributed by atoms with Gasteiger partial charge in [-0.2, -0.15) is 0 Å². The minimum Gasteiger partial charge on any atom is -0.508 e. The summed E-state index contributed by atoms with van der Waals surface area (Å²) in [6.07, 6.45) is -0.154. The van der Waals surface area contributed by atoms with Crippen LogP contribution in [0.15, 0.2) is 84.9 Å². The van der Waals surface area contributed by atoms with E-state index in [1.54, 1.807) is 39.0 Å². The molecule has 38 heavy (non-hydrogen) atoms. The van der Waals surface area contributed by atoms with Crippen molar-refractivity contribution in [3.63, 3.8) is 0 Å². The molecule has 2 aliphatic heterocycles. The summed E-state index contributed by atoms with van der Waals surface area (Å²) in [4.78, 5) is 45.9. The van der Waals surface area contributed by atoms with Crippen LogP contribution in [-0.2, 0) is 29.1 Å². The van der Waals surface area contributed by atoms with Gasteiger partial charge in [0.2, 0.25) is 11.8 Å². The maximum absolute atomic E-state index is 13.8. The molecular formula is C30H32N4O4. The third kappa shape index (κ3) is 5.34. The van der Waals surface area contributed by atoms with E-state index in [9.17, 15) is 19.5 Å². The van der Waals surface area contributed by atoms with E-state index in [0.29, 0.717) is 19.5 Å². The fourth-order valence-corrected chi connectivity index (χ4v) is 5.41. The highest BCUT2D eigenvalue weighted by Gasteiger charge is 2.50. The SMILES string of the molecule is CC1CC(=O)N2C(Cc3ccc(O)cc3)C(=O)N(Cc3ccccc3)CC2N1C(=O)NCc1ccccc1. The number of urea groups is 1. The molecule has 3 aromatic rings. The first-order chi connectivity index (χ1) is 18.4. The van der Waals surface area contributed by atoms with Crippen molar-refractivity contribution >= 4 is 17.8 Å². The van der Waals surface area contributed by atoms with E-state index in [0.717, 1.165) is 16.7 Å². The third-order valence-corrected chi connectivity index (χ3v) is 7.29. The summed E-state index contributed by atoms with van der Waals surface area (Å²) in [7, 11) is 0. The molecule has 0 spiro atoms. The second-order valence-electron chi connectivity index (χ2n) is 9.98. The summed E-state index contributed by atoms with van der Waals surface area (Å²) < 4.78 is 0. The Labute approximate surface area is 222 Å². The molecule has 2 fully saturated rings. The van der Waals surface area contributed by atoms with E-state index in [2.05, 4.69) is 5.32 Å². The Bertz CT molecular complexity index is 1280. The van der Waals surface area contributed by atoms with Gasteiger partial charge in [0, 0.05) is 32.0 Å². The van der Waals surface area contributed by atoms with Gasteiger partial charge in [-0.3, -0.25) is 14.5 Å². The highest BCUT2D eigenvalue weighted by Crippen LogP contribution is 2.31. The van der Waals surface area contributed by atoms with Crippen LogP contribution in [-0.4, -0.2) is 62.4 Å². The number of fused-ring (bicyclic) bond motifs is 1. The van der Waals surface area contributed by atoms with Crippen LogP contribution in [0.4, 0.5) is 4.79 Å². The number of aromatic hydroxyl groups is 1. The smallest absolute Gasteiger partial charge is 0.319 e. The molecule has 196 valence electrons. The van der Waals surface area contributed by atoms with Crippen molar-refractivity contribution in [1.82, 2.24) is 20.0 Å². The number of piperazine rings is 1. The Morgan fingerprint density at radius 3 is 2.18 bits per heavy atom. The molecule has 2 aliphatic rings. The zero-order valence-electron chi connectivity index (χ0n) is 21.4. The number of phenolic OH excluding ortho intramolecular Hbond substituents is 1. The van der Waals surface area contributed by atoms with E-state index < -0.39 is 12.2 Å². The van der Waals surface area contributed by atoms with Gasteiger partial charge in [-0.25, -0.2) is 4.79 Å². The maximum Gasteiger partial charge on any atom is 0.319 e. The molecule has 8 heteroatoms. The van der Waals surface area contributed by atoms with Gasteiger partial charge < -0.3 is 20.2 Å². The lowest BCUT2D eigenvalue weighted by Crippen LogP contribution is -2.73. The average molecular weight is 513 g/mol. The second-order valence-corrected chi connectivity index (χ2v) is 9.98. The van der Waals surface area contributed by atoms with Crippen molar-refractivity contribution in [2.75, 3.05) is 6.54 Å². The van der Waals surface area contributed by atoms with Crippen LogP contribution < -0.4 is 5.32 Å². The van der Waals surface area contributed by atoms with Gasteiger partial charge >= 0.3 is 6.03 Å². The van der Waals surface area contributed by atoms with Gasteiger partial charge in [-0.15, -0.1) is 0 Å². The predicted molar refractivity (Wildman–Crippen MR) is 143 cm³/mol. The van der Waals surface area contributed by atoms with Crippen molar-refractivity contribution in [2.24, 2.45) is 0 Å². The zero-order valence-corrected chi connectivity index (χ0v) is 21.4. The summed E-state index contributed by atoms with van der Waals surface area (Å²) in [5.41, 5.74) is 2.79. The van der Waals surface area contributed by atoms with Crippen LogP contribution in [0.2, 0.25) is 0 Å². The molecule has 2 saturated heterocycles. The van der Waals surface area contributed by atoms with Crippen LogP contribution in [0.3, 0.4) is 0 Å². The summed E-state index contributed by atoms with van der Waals surface area (Å²) in [5, 5.41) is 12.7. The largest absolute Gasteiger partial charge is 0.508 e. The Kier molecular flexibility index (Phi) is 7.31. The summed E-state index contributed by atoms with van der Waals surface area (Å²) >= 11 is 0. The normalized spacial score (nSPS) is 21.3. The molecule has 3 aromatic carbocycles. The van der Waals surface area contributed by atoms with Gasteiger partial charge in [0.15, 0.2) is 0 Å².